The molecular weight excluding hydrogens is 402 g/mol. The first-order valence-electron chi connectivity index (χ1n) is 11.6. The number of nitrogens with zero attached hydrogens (tertiary/aromatic N) is 2. The number of rotatable bonds is 4. The molecule has 2 aromatic heterocycles. The van der Waals surface area contributed by atoms with Crippen LogP contribution >= 0.6 is 0 Å². The van der Waals surface area contributed by atoms with Gasteiger partial charge in [0, 0.05) is 24.7 Å². The molecule has 6 heteroatoms. The highest BCUT2D eigenvalue weighted by atomic mass is 16.3. The second kappa shape index (κ2) is 7.84. The number of hydrogen-bond donors (Lipinski definition) is 1. The van der Waals surface area contributed by atoms with E-state index < -0.39 is 5.54 Å². The Morgan fingerprint density at radius 1 is 1.16 bits per heavy atom. The van der Waals surface area contributed by atoms with Crippen molar-refractivity contribution in [3.8, 4) is 0 Å². The Morgan fingerprint density at radius 2 is 1.91 bits per heavy atom. The minimum atomic E-state index is -0.999. The molecule has 1 aliphatic carbocycles. The Balaban J connectivity index is 1.55. The van der Waals surface area contributed by atoms with Crippen LogP contribution in [-0.4, -0.2) is 32.9 Å². The van der Waals surface area contributed by atoms with E-state index in [0.717, 1.165) is 48.1 Å². The van der Waals surface area contributed by atoms with E-state index in [1.807, 2.05) is 61.7 Å². The van der Waals surface area contributed by atoms with Crippen molar-refractivity contribution in [3.63, 3.8) is 0 Å². The van der Waals surface area contributed by atoms with Gasteiger partial charge >= 0.3 is 0 Å². The molecule has 1 aliphatic heterocycles. The molecule has 1 aromatic carbocycles. The monoisotopic (exact) mass is 433 g/mol. The summed E-state index contributed by atoms with van der Waals surface area (Å²) in [6, 6.07) is 12.0. The van der Waals surface area contributed by atoms with Gasteiger partial charge in [-0.05, 0) is 44.7 Å². The van der Waals surface area contributed by atoms with Gasteiger partial charge in [-0.1, -0.05) is 43.5 Å². The summed E-state index contributed by atoms with van der Waals surface area (Å²) in [6.45, 7) is 6.65. The minimum absolute atomic E-state index is 0.0703. The Labute approximate surface area is 188 Å². The molecule has 168 valence electrons. The van der Waals surface area contributed by atoms with Crippen molar-refractivity contribution in [2.24, 2.45) is 0 Å². The van der Waals surface area contributed by atoms with Crippen LogP contribution in [0.25, 0.3) is 11.1 Å². The van der Waals surface area contributed by atoms with Crippen molar-refractivity contribution >= 4 is 22.9 Å². The van der Waals surface area contributed by atoms with Crippen LogP contribution in [0.4, 0.5) is 0 Å². The number of furan rings is 1. The normalized spacial score (nSPS) is 21.7. The van der Waals surface area contributed by atoms with Gasteiger partial charge in [0.1, 0.15) is 17.0 Å². The first kappa shape index (κ1) is 20.9. The van der Waals surface area contributed by atoms with Crippen LogP contribution in [0, 0.1) is 13.8 Å². The first-order valence-corrected chi connectivity index (χ1v) is 11.6. The van der Waals surface area contributed by atoms with E-state index >= 15 is 0 Å². The molecule has 0 saturated heterocycles. The summed E-state index contributed by atoms with van der Waals surface area (Å²) in [5, 5.41) is 3.29. The molecule has 3 heterocycles. The van der Waals surface area contributed by atoms with E-state index in [1.165, 1.54) is 6.42 Å². The highest BCUT2D eigenvalue weighted by Gasteiger charge is 2.48. The van der Waals surface area contributed by atoms with Crippen LogP contribution in [0.2, 0.25) is 0 Å². The van der Waals surface area contributed by atoms with Crippen molar-refractivity contribution in [2.45, 2.75) is 77.5 Å². The maximum atomic E-state index is 13.8. The summed E-state index contributed by atoms with van der Waals surface area (Å²) in [5.41, 5.74) is 3.31. The van der Waals surface area contributed by atoms with E-state index in [0.29, 0.717) is 24.4 Å². The fraction of sp³-hybridized carbons (Fsp3) is 0.462. The van der Waals surface area contributed by atoms with Gasteiger partial charge in [0.25, 0.3) is 5.91 Å². The molecule has 2 amide bonds. The number of nitrogens with one attached hydrogen (secondary N) is 1. The van der Waals surface area contributed by atoms with Gasteiger partial charge in [-0.2, -0.15) is 0 Å². The number of hydrogen-bond acceptors (Lipinski definition) is 3. The lowest BCUT2D eigenvalue weighted by Crippen LogP contribution is -2.64. The molecule has 32 heavy (non-hydrogen) atoms. The van der Waals surface area contributed by atoms with E-state index in [2.05, 4.69) is 5.32 Å². The lowest BCUT2D eigenvalue weighted by atomic mass is 9.90. The van der Waals surface area contributed by atoms with E-state index in [-0.39, 0.29) is 17.9 Å². The molecule has 1 N–H and O–H groups in total. The van der Waals surface area contributed by atoms with Crippen molar-refractivity contribution in [3.05, 3.63) is 59.0 Å². The summed E-state index contributed by atoms with van der Waals surface area (Å²) < 4.78 is 7.76. The number of carbonyl (C=O) groups is 2. The van der Waals surface area contributed by atoms with Gasteiger partial charge in [0.15, 0.2) is 5.58 Å². The van der Waals surface area contributed by atoms with E-state index in [4.69, 9.17) is 4.42 Å². The first-order chi connectivity index (χ1) is 15.4. The van der Waals surface area contributed by atoms with Crippen LogP contribution < -0.4 is 5.32 Å². The zero-order valence-corrected chi connectivity index (χ0v) is 19.1. The molecule has 0 radical (unpaired) electrons. The third kappa shape index (κ3) is 3.42. The van der Waals surface area contributed by atoms with Crippen molar-refractivity contribution in [1.82, 2.24) is 14.8 Å². The molecule has 0 spiro atoms. The summed E-state index contributed by atoms with van der Waals surface area (Å²) >= 11 is 0. The third-order valence-corrected chi connectivity index (χ3v) is 7.26. The second-order valence-corrected chi connectivity index (χ2v) is 9.62. The number of fused-ring (bicyclic) bond motifs is 3. The SMILES string of the molecule is Cc1cc2c(cc3n2CC(C)(C(=O)NC2CCCCC2)N(Cc2ccccc2C)C3=O)o1. The van der Waals surface area contributed by atoms with Crippen molar-refractivity contribution in [1.29, 1.82) is 0 Å². The molecule has 1 saturated carbocycles. The number of aryl methyl sites for hydroxylation is 2. The average Bonchev–Trinajstić information content (AvgIpc) is 3.30. The molecule has 1 atom stereocenters. The summed E-state index contributed by atoms with van der Waals surface area (Å²) in [4.78, 5) is 29.3. The predicted octanol–water partition coefficient (Wildman–Crippen LogP) is 4.71. The molecule has 3 aromatic rings. The molecule has 6 nitrogen and oxygen atoms in total. The van der Waals surface area contributed by atoms with Gasteiger partial charge < -0.3 is 19.2 Å². The average molecular weight is 434 g/mol. The van der Waals surface area contributed by atoms with Crippen LogP contribution in [0.3, 0.4) is 0 Å². The maximum absolute atomic E-state index is 13.8. The lowest BCUT2D eigenvalue weighted by Gasteiger charge is -2.45. The highest BCUT2D eigenvalue weighted by molar-refractivity contribution is 6.03. The Kier molecular flexibility index (Phi) is 5.11. The number of benzene rings is 1. The van der Waals surface area contributed by atoms with E-state index in [1.54, 1.807) is 4.90 Å². The van der Waals surface area contributed by atoms with Gasteiger partial charge in [0.2, 0.25) is 5.91 Å². The number of carbonyl (C=O) groups excluding carboxylic acids is 2. The molecule has 1 fully saturated rings. The number of amides is 2. The largest absolute Gasteiger partial charge is 0.460 e. The summed E-state index contributed by atoms with van der Waals surface area (Å²) in [5.74, 6) is 0.595. The fourth-order valence-electron chi connectivity index (χ4n) is 5.25. The topological polar surface area (TPSA) is 67.5 Å². The smallest absolute Gasteiger partial charge is 0.271 e. The fourth-order valence-corrected chi connectivity index (χ4v) is 5.25. The molecule has 2 aliphatic rings. The quantitative estimate of drug-likeness (QED) is 0.648. The van der Waals surface area contributed by atoms with Gasteiger partial charge in [-0.25, -0.2) is 0 Å². The van der Waals surface area contributed by atoms with Crippen LogP contribution in [0.1, 0.15) is 66.4 Å². The minimum Gasteiger partial charge on any atom is -0.460 e. The molecule has 5 rings (SSSR count). The highest BCUT2D eigenvalue weighted by Crippen LogP contribution is 2.35. The maximum Gasteiger partial charge on any atom is 0.271 e. The molecule has 0 bridgehead atoms. The van der Waals surface area contributed by atoms with Crippen molar-refractivity contribution < 1.29 is 14.0 Å². The predicted molar refractivity (Wildman–Crippen MR) is 123 cm³/mol. The Hall–Kier alpha value is -3.02. The third-order valence-electron chi connectivity index (χ3n) is 7.26. The number of aromatic nitrogens is 1. The van der Waals surface area contributed by atoms with Crippen LogP contribution in [-0.2, 0) is 17.9 Å². The molecule has 1 unspecified atom stereocenters. The second-order valence-electron chi connectivity index (χ2n) is 9.62. The standard InChI is InChI=1S/C26H31N3O3/c1-17-9-7-8-10-19(17)15-29-24(30)22-14-23-21(13-18(2)32-23)28(22)16-26(29,3)25(31)27-20-11-5-4-6-12-20/h7-10,13-14,20H,4-6,11-12,15-16H2,1-3H3,(H,27,31). The van der Waals surface area contributed by atoms with Crippen LogP contribution in [0.15, 0.2) is 40.8 Å². The summed E-state index contributed by atoms with van der Waals surface area (Å²) in [6.07, 6.45) is 5.53. The van der Waals surface area contributed by atoms with Gasteiger partial charge in [0.05, 0.1) is 12.1 Å². The zero-order chi connectivity index (χ0) is 22.5. The Morgan fingerprint density at radius 3 is 2.66 bits per heavy atom. The van der Waals surface area contributed by atoms with Crippen LogP contribution in [0.5, 0.6) is 0 Å². The zero-order valence-electron chi connectivity index (χ0n) is 19.1. The lowest BCUT2D eigenvalue weighted by molar-refractivity contribution is -0.134. The van der Waals surface area contributed by atoms with Gasteiger partial charge in [-0.3, -0.25) is 9.59 Å². The van der Waals surface area contributed by atoms with E-state index in [9.17, 15) is 9.59 Å². The molecular formula is C26H31N3O3. The Bertz CT molecular complexity index is 1180. The van der Waals surface area contributed by atoms with Gasteiger partial charge in [-0.15, -0.1) is 0 Å². The van der Waals surface area contributed by atoms with Crippen molar-refractivity contribution in [2.75, 3.05) is 0 Å². The summed E-state index contributed by atoms with van der Waals surface area (Å²) in [7, 11) is 0.